The fraction of sp³-hybridized carbons (Fsp3) is 0.321. The zero-order valence-corrected chi connectivity index (χ0v) is 22.4. The van der Waals surface area contributed by atoms with Gasteiger partial charge in [-0.1, -0.05) is 60.6 Å². The molecule has 0 aliphatic carbocycles. The van der Waals surface area contributed by atoms with Crippen LogP contribution in [-0.2, 0) is 24.2 Å². The molecule has 0 aliphatic heterocycles. The fourth-order valence-corrected chi connectivity index (χ4v) is 5.38. The van der Waals surface area contributed by atoms with Crippen LogP contribution in [-0.4, -0.2) is 40.9 Å². The molecule has 0 spiro atoms. The molecule has 0 saturated carbocycles. The number of fused-ring (bicyclic) bond motifs is 3. The van der Waals surface area contributed by atoms with Crippen molar-refractivity contribution >= 4 is 34.2 Å². The molecule has 0 radical (unpaired) electrons. The van der Waals surface area contributed by atoms with Gasteiger partial charge in [0.1, 0.15) is 0 Å². The van der Waals surface area contributed by atoms with Crippen molar-refractivity contribution in [2.45, 2.75) is 63.9 Å². The van der Waals surface area contributed by atoms with Gasteiger partial charge in [-0.25, -0.2) is 9.97 Å². The van der Waals surface area contributed by atoms with Crippen LogP contribution in [0, 0.1) is 20.8 Å². The van der Waals surface area contributed by atoms with Gasteiger partial charge in [-0.05, 0) is 56.9 Å². The lowest BCUT2D eigenvalue weighted by Gasteiger charge is -2.15. The van der Waals surface area contributed by atoms with Gasteiger partial charge in [0.05, 0.1) is 16.5 Å². The Morgan fingerprint density at radius 2 is 1.84 bits per heavy atom. The second kappa shape index (κ2) is 10.7. The highest BCUT2D eigenvalue weighted by Gasteiger charge is 2.22. The van der Waals surface area contributed by atoms with Crippen molar-refractivity contribution < 1.29 is 4.79 Å². The molecule has 3 heterocycles. The summed E-state index contributed by atoms with van der Waals surface area (Å²) in [5.41, 5.74) is 7.16. The predicted octanol–water partition coefficient (Wildman–Crippen LogP) is 4.90. The van der Waals surface area contributed by atoms with Crippen LogP contribution in [0.1, 0.15) is 47.2 Å². The molecule has 3 aromatic heterocycles. The van der Waals surface area contributed by atoms with Crippen LogP contribution in [0.4, 0.5) is 0 Å². The Kier molecular flexibility index (Phi) is 7.23. The first-order valence-corrected chi connectivity index (χ1v) is 13.5. The third kappa shape index (κ3) is 5.36. The van der Waals surface area contributed by atoms with Gasteiger partial charge in [-0.3, -0.25) is 9.89 Å². The highest BCUT2D eigenvalue weighted by Crippen LogP contribution is 2.28. The van der Waals surface area contributed by atoms with Gasteiger partial charge in [0.2, 0.25) is 5.91 Å². The molecule has 0 bridgehead atoms. The van der Waals surface area contributed by atoms with Crippen LogP contribution in [0.5, 0.6) is 0 Å². The van der Waals surface area contributed by atoms with E-state index in [4.69, 9.17) is 15.1 Å². The summed E-state index contributed by atoms with van der Waals surface area (Å²) in [5, 5.41) is 16.6. The number of aromatic amines is 1. The van der Waals surface area contributed by atoms with Gasteiger partial charge < -0.3 is 5.32 Å². The number of aryl methyl sites for hydroxylation is 4. The number of nitrogens with zero attached hydrogens (tertiary/aromatic N) is 5. The number of hydrogen-bond donors (Lipinski definition) is 2. The Balaban J connectivity index is 1.40. The Hall–Kier alpha value is -3.72. The van der Waals surface area contributed by atoms with E-state index in [0.29, 0.717) is 24.5 Å². The summed E-state index contributed by atoms with van der Waals surface area (Å²) in [6, 6.07) is 16.1. The second-order valence-corrected chi connectivity index (χ2v) is 10.5. The number of amides is 1. The monoisotopic (exact) mass is 513 g/mol. The first-order chi connectivity index (χ1) is 17.9. The maximum Gasteiger partial charge on any atom is 0.233 e. The normalized spacial score (nSPS) is 12.3. The van der Waals surface area contributed by atoms with Crippen LogP contribution in [0.2, 0.25) is 0 Å². The number of nitrogens with one attached hydrogen (secondary N) is 2. The molecule has 190 valence electrons. The van der Waals surface area contributed by atoms with Crippen molar-refractivity contribution in [3.05, 3.63) is 82.4 Å². The average molecular weight is 514 g/mol. The Labute approximate surface area is 220 Å². The quantitative estimate of drug-likeness (QED) is 0.215. The van der Waals surface area contributed by atoms with E-state index in [1.165, 1.54) is 22.9 Å². The Morgan fingerprint density at radius 3 is 2.57 bits per heavy atom. The molecule has 5 rings (SSSR count). The molecule has 0 fully saturated rings. The summed E-state index contributed by atoms with van der Waals surface area (Å²) in [6.07, 6.45) is 2.16. The SMILES string of the molecule is CC[C@H](Sc1nc2ccccc2c2nc(CCc3c(C)n[nH]c3C)nn12)C(=O)NCc1ccc(C)cc1. The van der Waals surface area contributed by atoms with Crippen LogP contribution < -0.4 is 5.32 Å². The van der Waals surface area contributed by atoms with E-state index in [1.807, 2.05) is 57.2 Å². The van der Waals surface area contributed by atoms with Gasteiger partial charge >= 0.3 is 0 Å². The Morgan fingerprint density at radius 1 is 1.05 bits per heavy atom. The van der Waals surface area contributed by atoms with Gasteiger partial charge in [-0.2, -0.15) is 9.61 Å². The van der Waals surface area contributed by atoms with Crippen molar-refractivity contribution in [1.82, 2.24) is 35.1 Å². The van der Waals surface area contributed by atoms with Gasteiger partial charge in [-0.15, -0.1) is 5.10 Å². The first kappa shape index (κ1) is 25.0. The van der Waals surface area contributed by atoms with Crippen LogP contribution in [0.15, 0.2) is 53.7 Å². The molecule has 1 atom stereocenters. The topological polar surface area (TPSA) is 101 Å². The van der Waals surface area contributed by atoms with E-state index in [0.717, 1.165) is 45.7 Å². The number of carbonyl (C=O) groups is 1. The van der Waals surface area contributed by atoms with E-state index in [1.54, 1.807) is 4.52 Å². The molecule has 0 aliphatic rings. The number of aromatic nitrogens is 6. The van der Waals surface area contributed by atoms with E-state index >= 15 is 0 Å². The summed E-state index contributed by atoms with van der Waals surface area (Å²) in [5.74, 6) is 0.735. The highest BCUT2D eigenvalue weighted by atomic mass is 32.2. The summed E-state index contributed by atoms with van der Waals surface area (Å²) < 4.78 is 1.80. The average Bonchev–Trinajstić information content (AvgIpc) is 3.48. The van der Waals surface area contributed by atoms with E-state index in [9.17, 15) is 4.79 Å². The number of rotatable bonds is 9. The summed E-state index contributed by atoms with van der Waals surface area (Å²) in [6.45, 7) is 8.61. The number of hydrogen-bond acceptors (Lipinski definition) is 6. The summed E-state index contributed by atoms with van der Waals surface area (Å²) >= 11 is 1.44. The number of H-pyrrole nitrogens is 1. The lowest BCUT2D eigenvalue weighted by molar-refractivity contribution is -0.120. The summed E-state index contributed by atoms with van der Waals surface area (Å²) in [7, 11) is 0. The van der Waals surface area contributed by atoms with Crippen molar-refractivity contribution in [1.29, 1.82) is 0 Å². The van der Waals surface area contributed by atoms with Gasteiger partial charge in [0.15, 0.2) is 16.6 Å². The Bertz CT molecular complexity index is 1540. The molecular weight excluding hydrogens is 482 g/mol. The number of para-hydroxylation sites is 1. The van der Waals surface area contributed by atoms with Crippen molar-refractivity contribution in [2.75, 3.05) is 0 Å². The zero-order chi connectivity index (χ0) is 25.9. The predicted molar refractivity (Wildman–Crippen MR) is 147 cm³/mol. The molecule has 0 saturated heterocycles. The fourth-order valence-electron chi connectivity index (χ4n) is 4.39. The van der Waals surface area contributed by atoms with E-state index in [2.05, 4.69) is 34.6 Å². The van der Waals surface area contributed by atoms with Gasteiger partial charge in [0, 0.05) is 24.0 Å². The van der Waals surface area contributed by atoms with Crippen LogP contribution >= 0.6 is 11.8 Å². The van der Waals surface area contributed by atoms with E-state index < -0.39 is 0 Å². The largest absolute Gasteiger partial charge is 0.351 e. The standard InChI is InChI=1S/C28H31N7OS/c1-5-24(27(36)29-16-20-12-10-17(2)11-13-20)37-28-30-23-9-7-6-8-22(23)26-31-25(34-35(26)28)15-14-21-18(3)32-33-19(21)4/h6-13,24H,5,14-16H2,1-4H3,(H,29,36)(H,32,33)/t24-/m0/s1. The lowest BCUT2D eigenvalue weighted by Crippen LogP contribution is -2.32. The summed E-state index contributed by atoms with van der Waals surface area (Å²) in [4.78, 5) is 22.9. The minimum absolute atomic E-state index is 0.0116. The second-order valence-electron chi connectivity index (χ2n) is 9.31. The van der Waals surface area contributed by atoms with Crippen LogP contribution in [0.3, 0.4) is 0 Å². The van der Waals surface area contributed by atoms with Gasteiger partial charge in [0.25, 0.3) is 0 Å². The molecular formula is C28H31N7OS. The zero-order valence-electron chi connectivity index (χ0n) is 21.6. The molecule has 37 heavy (non-hydrogen) atoms. The first-order valence-electron chi connectivity index (χ1n) is 12.6. The minimum Gasteiger partial charge on any atom is -0.351 e. The molecule has 2 aromatic carbocycles. The number of thioether (sulfide) groups is 1. The molecule has 5 aromatic rings. The van der Waals surface area contributed by atoms with Crippen LogP contribution in [0.25, 0.3) is 16.6 Å². The maximum atomic E-state index is 13.1. The molecule has 0 unspecified atom stereocenters. The molecule has 1 amide bonds. The third-order valence-corrected chi connectivity index (χ3v) is 7.88. The van der Waals surface area contributed by atoms with E-state index in [-0.39, 0.29) is 11.2 Å². The highest BCUT2D eigenvalue weighted by molar-refractivity contribution is 8.00. The number of carbonyl (C=O) groups excluding carboxylic acids is 1. The van der Waals surface area contributed by atoms with Crippen molar-refractivity contribution in [3.8, 4) is 0 Å². The third-order valence-electron chi connectivity index (χ3n) is 6.57. The lowest BCUT2D eigenvalue weighted by atomic mass is 10.1. The maximum absolute atomic E-state index is 13.1. The molecule has 2 N–H and O–H groups in total. The van der Waals surface area contributed by atoms with Crippen molar-refractivity contribution in [3.63, 3.8) is 0 Å². The minimum atomic E-state index is -0.300. The van der Waals surface area contributed by atoms with Crippen molar-refractivity contribution in [2.24, 2.45) is 0 Å². The number of benzene rings is 2. The molecule has 8 nitrogen and oxygen atoms in total. The smallest absolute Gasteiger partial charge is 0.233 e. The molecule has 9 heteroatoms.